The number of esters is 4. The maximum absolute atomic E-state index is 12.9. The maximum Gasteiger partial charge on any atom is 0.408 e. The summed E-state index contributed by atoms with van der Waals surface area (Å²) in [7, 11) is 7.80. The van der Waals surface area contributed by atoms with Crippen molar-refractivity contribution in [2.45, 2.75) is 224 Å². The lowest BCUT2D eigenvalue weighted by Crippen LogP contribution is -2.51. The number of nitrogens with one attached hydrogen (secondary N) is 5. The van der Waals surface area contributed by atoms with Gasteiger partial charge in [-0.25, -0.2) is 23.7 Å². The van der Waals surface area contributed by atoms with Gasteiger partial charge in [0, 0.05) is 122 Å². The second kappa shape index (κ2) is 61.3. The second-order valence-electron chi connectivity index (χ2n) is 31.2. The van der Waals surface area contributed by atoms with Crippen molar-refractivity contribution in [2.75, 3.05) is 121 Å². The van der Waals surface area contributed by atoms with Crippen molar-refractivity contribution in [3.8, 4) is 11.4 Å². The van der Waals surface area contributed by atoms with Gasteiger partial charge in [0.05, 0.1) is 77.8 Å². The number of halogens is 2. The van der Waals surface area contributed by atoms with Crippen LogP contribution in [-0.4, -0.2) is 317 Å². The molecule has 42 heteroatoms. The number of benzene rings is 2. The van der Waals surface area contributed by atoms with Gasteiger partial charge in [-0.15, -0.1) is 22.5 Å². The number of piperazine rings is 1. The fourth-order valence-electron chi connectivity index (χ4n) is 12.6. The van der Waals surface area contributed by atoms with Crippen molar-refractivity contribution in [3.05, 3.63) is 84.4 Å². The molecule has 125 heavy (non-hydrogen) atoms. The summed E-state index contributed by atoms with van der Waals surface area (Å²) in [4.78, 5) is 175. The van der Waals surface area contributed by atoms with Crippen molar-refractivity contribution < 1.29 is 117 Å². The van der Waals surface area contributed by atoms with E-state index in [1.165, 1.54) is 47.9 Å². The molecule has 5 fully saturated rings. The standard InChI is InChI=1S/C20H25N5O4.C19H23N5O4.C16H28N2O5.C11H20N2O3.C11H19NO6.C5H12N2.CH3F.ClH.H2O/c1-29-18(26)10-9-17(20(28)24-12-3-2-4-13-24)22-19(27)15-5-7-16(8-6-15)25-14-11-21-23-25;25-17(26)9-8-16(19(28)23-11-2-1-3-12-23)21-18(27)14-4-6-15(7-5-14)24-13-10-20-22-24;1-16(2,3)23-15(21)17-12(8-9-13(19)22-4)14(20)18-10-6-5-7-11-18;1-16-10(14)6-5-9(12)11(15)13-7-3-2-4-8-13;1-11(2,3)18-10(16)12-7(9(14)15)5-6-8(13)17-4;1-7-4-2-6-3-5-7;1-2;;/h5-8,11,14,17H,2-4,9-10,12-13H2,1H3,(H,22,27);4-7,10,13,16H,1-3,8-9,11-12H2,(H,21,27)(H,25,26);12H,5-11H2,1-4H3,(H,17,21);9H,2-8,12H2,1H3;7H,5-6H2,1-4H3,(H,12,16)(H,14,15);6H,2-5H2,1H3;1H3;1H;1H2/t17-;16-;12-;9-;7-;;;;/m00000..../s1/i/hD2. The van der Waals surface area contributed by atoms with Gasteiger partial charge in [0.25, 0.3) is 11.8 Å². The van der Waals surface area contributed by atoms with Gasteiger partial charge in [-0.3, -0.25) is 57.1 Å². The van der Waals surface area contributed by atoms with Crippen LogP contribution in [0.15, 0.2) is 73.3 Å². The first-order valence-corrected chi connectivity index (χ1v) is 41.5. The van der Waals surface area contributed by atoms with E-state index in [0.29, 0.717) is 64.0 Å². The molecule has 5 atom stereocenters. The second-order valence-corrected chi connectivity index (χ2v) is 31.2. The number of carboxylic acids is 2. The summed E-state index contributed by atoms with van der Waals surface area (Å²) < 4.78 is 50.9. The molecule has 0 saturated carbocycles. The number of methoxy groups -OCH3 is 4. The quantitative estimate of drug-likeness (QED) is 0.0263. The Labute approximate surface area is 739 Å². The number of likely N-dealkylation sites (N-methyl/N-ethyl adjacent to an activating group) is 1. The van der Waals surface area contributed by atoms with Gasteiger partial charge < -0.3 is 101 Å². The van der Waals surface area contributed by atoms with Crippen LogP contribution in [-0.2, 0) is 76.4 Å². The van der Waals surface area contributed by atoms with E-state index in [9.17, 15) is 71.5 Å². The van der Waals surface area contributed by atoms with Crippen LogP contribution in [0.5, 0.6) is 0 Å². The summed E-state index contributed by atoms with van der Waals surface area (Å²) in [6.45, 7) is 20.6. The number of piperidine rings is 4. The van der Waals surface area contributed by atoms with Crippen LogP contribution in [0, 0.1) is 0 Å². The first-order valence-electron chi connectivity index (χ1n) is 42.3. The minimum atomic E-state index is -1.23. The van der Waals surface area contributed by atoms with Crippen molar-refractivity contribution in [1.29, 1.82) is 1.17 Å². The molecule has 5 aliphatic heterocycles. The molecule has 7 heterocycles. The zero-order chi connectivity index (χ0) is 95.5. The summed E-state index contributed by atoms with van der Waals surface area (Å²) in [5, 5.41) is 46.7. The number of amides is 8. The number of aliphatic carboxylic acids is 2. The third-order valence-corrected chi connectivity index (χ3v) is 19.3. The molecule has 11 N–H and O–H groups in total. The minimum Gasteiger partial charge on any atom is -0.481 e. The number of ether oxygens (including phenoxy) is 6. The molecule has 0 spiro atoms. The number of nitrogens with zero attached hydrogens (tertiary/aromatic N) is 11. The molecule has 5 saturated heterocycles. The van der Waals surface area contributed by atoms with Gasteiger partial charge in [0.1, 0.15) is 36.5 Å². The number of alkyl carbamates (subject to hydrolysis) is 2. The Bertz CT molecular complexity index is 3880. The Morgan fingerprint density at radius 1 is 0.456 bits per heavy atom. The average molecular weight is 1790 g/mol. The lowest BCUT2D eigenvalue weighted by atomic mass is 10.1. The Morgan fingerprint density at radius 3 is 1.02 bits per heavy atom. The number of aromatic nitrogens is 6. The predicted molar refractivity (Wildman–Crippen MR) is 459 cm³/mol. The fourth-order valence-corrected chi connectivity index (χ4v) is 12.6. The lowest BCUT2D eigenvalue weighted by molar-refractivity contribution is -0.143. The summed E-state index contributed by atoms with van der Waals surface area (Å²) >= 11 is 3.89. The summed E-state index contributed by atoms with van der Waals surface area (Å²) in [6.07, 6.45) is 18.1. The SMILES string of the molecule is CF.CN1CCNCC1.COC(=O)CC[C@H](N)C(=O)N1CCCCC1.COC(=O)CC[C@H](NC(=O)OC(C)(C)C)C(=O)N1CCCCC1.COC(=O)CC[C@H](NC(=O)OC(C)(C)C)C(=O)O.COC(=O)CC[C@H](NC(=O)c1ccc(-n2ccnn2)cc1)C(=O)N1CCCCC1.O=C(O)CC[C@H](NC(=O)c1ccc(-n2ccnn2)cc1)C(=O)N1CCCCC1.[2H]Cl.[2H]O. The number of hydrogen-bond donors (Lipinski definition) is 8. The van der Waals surface area contributed by atoms with Gasteiger partial charge in [-0.2, -0.15) is 0 Å². The van der Waals surface area contributed by atoms with Crippen molar-refractivity contribution in [1.82, 2.24) is 81.1 Å². The van der Waals surface area contributed by atoms with Gasteiger partial charge in [0.15, 0.2) is 0 Å². The Morgan fingerprint density at radius 2 is 0.744 bits per heavy atom. The van der Waals surface area contributed by atoms with Crippen LogP contribution < -0.4 is 32.3 Å². The van der Waals surface area contributed by atoms with Crippen LogP contribution in [0.25, 0.3) is 11.4 Å². The Balaban J connectivity index is 0.000000777. The van der Waals surface area contributed by atoms with Crippen LogP contribution in [0.3, 0.4) is 0 Å². The molecular weight excluding hydrogens is 1660 g/mol. The summed E-state index contributed by atoms with van der Waals surface area (Å²) in [5.74, 6) is -5.25. The topological polar surface area (TPSA) is 530 Å². The van der Waals surface area contributed by atoms with Gasteiger partial charge in [-0.05, 0) is 206 Å². The number of hydrogen-bond acceptors (Lipinski definition) is 27. The number of nitrogens with two attached hydrogens (primary N) is 1. The molecular formula is C83H133ClFN17O23. The Kier molecular flexibility index (Phi) is 53.0. The normalized spacial score (nSPS) is 15.5. The van der Waals surface area contributed by atoms with Crippen LogP contribution in [0.4, 0.5) is 14.0 Å². The minimum absolute atomic E-state index is 0.0383. The molecule has 2 aromatic carbocycles. The smallest absolute Gasteiger partial charge is 0.408 e. The first kappa shape index (κ1) is 108. The number of alkyl halides is 1. The van der Waals surface area contributed by atoms with Crippen LogP contribution in [0.2, 0.25) is 0 Å². The van der Waals surface area contributed by atoms with Crippen LogP contribution in [0.1, 0.15) is 205 Å². The third kappa shape index (κ3) is 46.0. The highest BCUT2D eigenvalue weighted by molar-refractivity contribution is 5.99. The first-order chi connectivity index (χ1) is 60.5. The molecule has 9 rings (SSSR count). The Hall–Kier alpha value is -11.0. The highest BCUT2D eigenvalue weighted by Gasteiger charge is 2.33. The molecule has 40 nitrogen and oxygen atoms in total. The van der Waals surface area contributed by atoms with E-state index in [2.05, 4.69) is 90.4 Å². The van der Waals surface area contributed by atoms with Gasteiger partial charge in [-0.1, -0.05) is 10.4 Å². The number of rotatable bonds is 28. The van der Waals surface area contributed by atoms with E-state index in [1.54, 1.807) is 144 Å². The van der Waals surface area contributed by atoms with E-state index in [4.69, 9.17) is 33.5 Å². The molecule has 0 radical (unpaired) electrons. The molecule has 8 amide bonds. The summed E-state index contributed by atoms with van der Waals surface area (Å²) in [6, 6.07) is 9.38. The molecule has 4 aromatic rings. The number of carbonyl (C=O) groups is 14. The zero-order valence-electron chi connectivity index (χ0n) is 76.1. The third-order valence-electron chi connectivity index (χ3n) is 19.3. The zero-order valence-corrected chi connectivity index (χ0v) is 74.9. The highest BCUT2D eigenvalue weighted by atomic mass is 35.5. The average Bonchev–Trinajstić information content (AvgIpc) is 1.83. The highest BCUT2D eigenvalue weighted by Crippen LogP contribution is 2.20. The van der Waals surface area contributed by atoms with Crippen molar-refractivity contribution in [2.24, 2.45) is 5.73 Å². The number of carboxylic acid groups (broad SMARTS) is 2. The molecule has 0 bridgehead atoms. The van der Waals surface area contributed by atoms with E-state index < -0.39 is 89.4 Å². The summed E-state index contributed by atoms with van der Waals surface area (Å²) in [5.41, 5.74) is 13.0. The van der Waals surface area contributed by atoms with Gasteiger partial charge >= 0.3 is 48.0 Å². The maximum atomic E-state index is 12.9. The van der Waals surface area contributed by atoms with E-state index in [0.717, 1.165) is 108 Å². The van der Waals surface area contributed by atoms with Gasteiger partial charge in [0.2, 0.25) is 25.1 Å². The van der Waals surface area contributed by atoms with E-state index in [-0.39, 0.29) is 93.3 Å². The molecule has 0 unspecified atom stereocenters. The molecule has 2 aromatic heterocycles. The molecule has 5 aliphatic rings. The van der Waals surface area contributed by atoms with Crippen molar-refractivity contribution >= 4 is 95.8 Å². The number of carbonyl (C=O) groups excluding carboxylic acids is 12. The van der Waals surface area contributed by atoms with Crippen molar-refractivity contribution in [3.63, 3.8) is 0 Å². The van der Waals surface area contributed by atoms with Crippen LogP contribution >= 0.6 is 12.3 Å². The lowest BCUT2D eigenvalue weighted by Gasteiger charge is -2.31. The van der Waals surface area contributed by atoms with E-state index >= 15 is 0 Å². The monoisotopic (exact) mass is 1790 g/mol. The fraction of sp³-hybridized carbons (Fsp3) is 0.639. The predicted octanol–water partition coefficient (Wildman–Crippen LogP) is 5.32. The molecule has 0 aliphatic carbocycles. The largest absolute Gasteiger partial charge is 0.481 e. The van der Waals surface area contributed by atoms with E-state index in [1.807, 2.05) is 0 Å². The molecule has 702 valence electrons. The number of likely N-dealkylation sites (tertiary alicyclic amines) is 4.